The molecule has 2 heterocycles. The van der Waals surface area contributed by atoms with Crippen LogP contribution in [0.25, 0.3) is 22.0 Å². The molecule has 4 nitrogen and oxygen atoms in total. The number of nitrogen functional groups attached to an aromatic ring is 2. The Kier molecular flexibility index (Phi) is 2.34. The zero-order chi connectivity index (χ0) is 12.5. The molecule has 0 aliphatic carbocycles. The van der Waals surface area contributed by atoms with Crippen molar-refractivity contribution in [2.75, 3.05) is 11.5 Å². The molecule has 0 unspecified atom stereocenters. The second-order valence-corrected chi connectivity index (χ2v) is 4.12. The van der Waals surface area contributed by atoms with Gasteiger partial charge in [0, 0.05) is 11.6 Å². The van der Waals surface area contributed by atoms with Crippen LogP contribution in [0.3, 0.4) is 0 Å². The number of nitrogens with zero attached hydrogens (tertiary/aromatic N) is 2. The molecule has 0 aliphatic rings. The molecule has 0 atom stereocenters. The minimum absolute atomic E-state index is 0.427. The molecular weight excluding hydrogens is 224 g/mol. The molecule has 0 aliphatic heterocycles. The lowest BCUT2D eigenvalue weighted by molar-refractivity contribution is 1.34. The van der Waals surface area contributed by atoms with E-state index >= 15 is 0 Å². The van der Waals surface area contributed by atoms with Crippen molar-refractivity contribution in [2.45, 2.75) is 0 Å². The molecule has 0 amide bonds. The van der Waals surface area contributed by atoms with E-state index < -0.39 is 0 Å². The summed E-state index contributed by atoms with van der Waals surface area (Å²) >= 11 is 0. The van der Waals surface area contributed by atoms with E-state index in [1.165, 1.54) is 0 Å². The van der Waals surface area contributed by atoms with Gasteiger partial charge in [-0.1, -0.05) is 12.1 Å². The quantitative estimate of drug-likeness (QED) is 0.680. The zero-order valence-corrected chi connectivity index (χ0v) is 9.67. The van der Waals surface area contributed by atoms with E-state index in [0.29, 0.717) is 11.6 Å². The molecule has 0 saturated carbocycles. The molecule has 3 rings (SSSR count). The Hall–Kier alpha value is -2.62. The standard InChI is InChI=1S/C14H12N4/c15-13-7-11(8-14(16)18-13)9-3-4-12-10(6-9)2-1-5-17-12/h1-8H,(H4,15,16,18). The van der Waals surface area contributed by atoms with Crippen molar-refractivity contribution in [3.05, 3.63) is 48.7 Å². The van der Waals surface area contributed by atoms with Gasteiger partial charge < -0.3 is 11.5 Å². The molecular formula is C14H12N4. The van der Waals surface area contributed by atoms with E-state index in [1.54, 1.807) is 6.20 Å². The van der Waals surface area contributed by atoms with Crippen LogP contribution >= 0.6 is 0 Å². The Balaban J connectivity index is 2.19. The van der Waals surface area contributed by atoms with Gasteiger partial charge in [-0.3, -0.25) is 4.98 Å². The summed E-state index contributed by atoms with van der Waals surface area (Å²) in [4.78, 5) is 8.25. The average molecular weight is 236 g/mol. The minimum Gasteiger partial charge on any atom is -0.384 e. The van der Waals surface area contributed by atoms with E-state index in [-0.39, 0.29) is 0 Å². The smallest absolute Gasteiger partial charge is 0.126 e. The second kappa shape index (κ2) is 4.00. The third-order valence-corrected chi connectivity index (χ3v) is 2.80. The normalized spacial score (nSPS) is 10.7. The number of fused-ring (bicyclic) bond motifs is 1. The van der Waals surface area contributed by atoms with Crippen LogP contribution in [0.2, 0.25) is 0 Å². The van der Waals surface area contributed by atoms with Crippen LogP contribution < -0.4 is 11.5 Å². The zero-order valence-electron chi connectivity index (χ0n) is 9.67. The van der Waals surface area contributed by atoms with Crippen LogP contribution in [0, 0.1) is 0 Å². The molecule has 3 aromatic rings. The van der Waals surface area contributed by atoms with Gasteiger partial charge in [-0.2, -0.15) is 0 Å². The third-order valence-electron chi connectivity index (χ3n) is 2.80. The van der Waals surface area contributed by atoms with Crippen molar-refractivity contribution in [2.24, 2.45) is 0 Å². The predicted molar refractivity (Wildman–Crippen MR) is 73.8 cm³/mol. The average Bonchev–Trinajstić information content (AvgIpc) is 2.37. The minimum atomic E-state index is 0.427. The van der Waals surface area contributed by atoms with Crippen LogP contribution in [0.5, 0.6) is 0 Å². The van der Waals surface area contributed by atoms with E-state index in [4.69, 9.17) is 11.5 Å². The van der Waals surface area contributed by atoms with E-state index in [9.17, 15) is 0 Å². The van der Waals surface area contributed by atoms with E-state index in [0.717, 1.165) is 22.0 Å². The maximum absolute atomic E-state index is 5.71. The maximum atomic E-state index is 5.71. The van der Waals surface area contributed by atoms with Gasteiger partial charge in [0.15, 0.2) is 0 Å². The van der Waals surface area contributed by atoms with E-state index in [1.807, 2.05) is 36.4 Å². The van der Waals surface area contributed by atoms with Crippen molar-refractivity contribution in [3.8, 4) is 11.1 Å². The number of nitrogens with two attached hydrogens (primary N) is 2. The van der Waals surface area contributed by atoms with Gasteiger partial charge in [0.05, 0.1) is 5.52 Å². The number of hydrogen-bond donors (Lipinski definition) is 2. The third kappa shape index (κ3) is 1.84. The first-order valence-corrected chi connectivity index (χ1v) is 5.60. The highest BCUT2D eigenvalue weighted by Gasteiger charge is 2.03. The SMILES string of the molecule is Nc1cc(-c2ccc3ncccc3c2)cc(N)n1. The fourth-order valence-corrected chi connectivity index (χ4v) is 2.00. The van der Waals surface area contributed by atoms with Crippen LogP contribution in [0.15, 0.2) is 48.7 Å². The van der Waals surface area contributed by atoms with Crippen LogP contribution in [0.1, 0.15) is 0 Å². The Bertz CT molecular complexity index is 702. The Morgan fingerprint density at radius 3 is 2.39 bits per heavy atom. The number of rotatable bonds is 1. The molecule has 18 heavy (non-hydrogen) atoms. The number of anilines is 2. The van der Waals surface area contributed by atoms with Gasteiger partial charge in [0.25, 0.3) is 0 Å². The summed E-state index contributed by atoms with van der Waals surface area (Å²) in [6.45, 7) is 0. The molecule has 4 heteroatoms. The Morgan fingerprint density at radius 1 is 0.833 bits per heavy atom. The highest BCUT2D eigenvalue weighted by molar-refractivity contribution is 5.85. The van der Waals surface area contributed by atoms with Crippen molar-refractivity contribution in [3.63, 3.8) is 0 Å². The lowest BCUT2D eigenvalue weighted by Gasteiger charge is -2.05. The molecule has 88 valence electrons. The molecule has 0 spiro atoms. The summed E-state index contributed by atoms with van der Waals surface area (Å²) in [7, 11) is 0. The predicted octanol–water partition coefficient (Wildman–Crippen LogP) is 2.46. The number of benzene rings is 1. The van der Waals surface area contributed by atoms with E-state index in [2.05, 4.69) is 16.0 Å². The topological polar surface area (TPSA) is 77.8 Å². The largest absolute Gasteiger partial charge is 0.384 e. The lowest BCUT2D eigenvalue weighted by atomic mass is 10.0. The fourth-order valence-electron chi connectivity index (χ4n) is 2.00. The molecule has 0 bridgehead atoms. The van der Waals surface area contributed by atoms with Gasteiger partial charge >= 0.3 is 0 Å². The van der Waals surface area contributed by atoms with Crippen molar-refractivity contribution < 1.29 is 0 Å². The van der Waals surface area contributed by atoms with Crippen LogP contribution in [-0.2, 0) is 0 Å². The van der Waals surface area contributed by atoms with Crippen LogP contribution in [-0.4, -0.2) is 9.97 Å². The fraction of sp³-hybridized carbons (Fsp3) is 0. The summed E-state index contributed by atoms with van der Waals surface area (Å²) in [5.74, 6) is 0.854. The number of aromatic nitrogens is 2. The highest BCUT2D eigenvalue weighted by atomic mass is 14.9. The molecule has 0 radical (unpaired) electrons. The number of pyridine rings is 2. The summed E-state index contributed by atoms with van der Waals surface area (Å²) in [6.07, 6.45) is 1.78. The van der Waals surface area contributed by atoms with Crippen molar-refractivity contribution >= 4 is 22.5 Å². The number of hydrogen-bond acceptors (Lipinski definition) is 4. The maximum Gasteiger partial charge on any atom is 0.126 e. The molecule has 0 saturated heterocycles. The highest BCUT2D eigenvalue weighted by Crippen LogP contribution is 2.25. The first-order chi connectivity index (χ1) is 8.72. The van der Waals surface area contributed by atoms with Crippen molar-refractivity contribution in [1.82, 2.24) is 9.97 Å². The van der Waals surface area contributed by atoms with Gasteiger partial charge in [-0.15, -0.1) is 0 Å². The summed E-state index contributed by atoms with van der Waals surface area (Å²) in [6, 6.07) is 13.6. The summed E-state index contributed by atoms with van der Waals surface area (Å²) in [5.41, 5.74) is 14.4. The van der Waals surface area contributed by atoms with Gasteiger partial charge in [0.1, 0.15) is 11.6 Å². The summed E-state index contributed by atoms with van der Waals surface area (Å²) in [5, 5.41) is 1.09. The monoisotopic (exact) mass is 236 g/mol. The molecule has 2 aromatic heterocycles. The molecule has 4 N–H and O–H groups in total. The second-order valence-electron chi connectivity index (χ2n) is 4.12. The molecule has 1 aromatic carbocycles. The van der Waals surface area contributed by atoms with Gasteiger partial charge in [-0.05, 0) is 41.5 Å². The Labute approximate surface area is 104 Å². The first-order valence-electron chi connectivity index (χ1n) is 5.60. The lowest BCUT2D eigenvalue weighted by Crippen LogP contribution is -1.96. The Morgan fingerprint density at radius 2 is 1.61 bits per heavy atom. The summed E-state index contributed by atoms with van der Waals surface area (Å²) < 4.78 is 0. The van der Waals surface area contributed by atoms with Crippen molar-refractivity contribution in [1.29, 1.82) is 0 Å². The van der Waals surface area contributed by atoms with Crippen LogP contribution in [0.4, 0.5) is 11.6 Å². The van der Waals surface area contributed by atoms with Gasteiger partial charge in [-0.25, -0.2) is 4.98 Å². The first kappa shape index (κ1) is 10.5. The van der Waals surface area contributed by atoms with Gasteiger partial charge in [0.2, 0.25) is 0 Å². The molecule has 0 fully saturated rings.